The highest BCUT2D eigenvalue weighted by Gasteiger charge is 2.30. The fourth-order valence-corrected chi connectivity index (χ4v) is 3.84. The Morgan fingerprint density at radius 1 is 1.10 bits per heavy atom. The molecule has 1 aliphatic heterocycles. The van der Waals surface area contributed by atoms with Crippen LogP contribution in [-0.2, 0) is 9.53 Å². The summed E-state index contributed by atoms with van der Waals surface area (Å²) in [6.07, 6.45) is 1.93. The molecule has 160 valence electrons. The summed E-state index contributed by atoms with van der Waals surface area (Å²) in [6.45, 7) is 2.95. The molecule has 1 fully saturated rings. The van der Waals surface area contributed by atoms with Crippen LogP contribution in [0.25, 0.3) is 0 Å². The van der Waals surface area contributed by atoms with E-state index in [0.29, 0.717) is 11.3 Å². The minimum Gasteiger partial charge on any atom is -0.497 e. The highest BCUT2D eigenvalue weighted by Crippen LogP contribution is 2.38. The number of benzene rings is 2. The van der Waals surface area contributed by atoms with Gasteiger partial charge in [-0.1, -0.05) is 6.07 Å². The lowest BCUT2D eigenvalue weighted by Crippen LogP contribution is -2.33. The molecule has 30 heavy (non-hydrogen) atoms. The maximum Gasteiger partial charge on any atom is 0.337 e. The third-order valence-corrected chi connectivity index (χ3v) is 5.44. The molecular weight excluding hydrogens is 384 g/mol. The number of carbonyl (C=O) groups excluding carboxylic acids is 2. The number of rotatable bonds is 7. The zero-order valence-corrected chi connectivity index (χ0v) is 17.9. The molecule has 0 spiro atoms. The summed E-state index contributed by atoms with van der Waals surface area (Å²) in [6, 6.07) is 10.9. The first kappa shape index (κ1) is 21.6. The molecule has 2 aromatic carbocycles. The molecule has 0 saturated carbocycles. The van der Waals surface area contributed by atoms with Crippen molar-refractivity contribution >= 4 is 17.6 Å². The molecule has 0 bridgehead atoms. The van der Waals surface area contributed by atoms with Gasteiger partial charge in [-0.3, -0.25) is 9.69 Å². The van der Waals surface area contributed by atoms with Crippen molar-refractivity contribution in [2.45, 2.75) is 25.8 Å². The van der Waals surface area contributed by atoms with Crippen molar-refractivity contribution in [2.24, 2.45) is 0 Å². The Bertz CT molecular complexity index is 928. The minimum absolute atomic E-state index is 0.0725. The Balaban J connectivity index is 1.75. The van der Waals surface area contributed by atoms with Gasteiger partial charge in [-0.05, 0) is 62.2 Å². The highest BCUT2D eigenvalue weighted by atomic mass is 16.5. The molecule has 1 aliphatic rings. The molecule has 0 aliphatic carbocycles. The average Bonchev–Trinajstić information content (AvgIpc) is 3.21. The number of amides is 1. The second kappa shape index (κ2) is 9.63. The first-order valence-electron chi connectivity index (χ1n) is 9.91. The molecule has 2 aromatic rings. The van der Waals surface area contributed by atoms with E-state index in [-0.39, 0.29) is 18.5 Å². The van der Waals surface area contributed by atoms with Crippen LogP contribution in [0.4, 0.5) is 5.69 Å². The van der Waals surface area contributed by atoms with Gasteiger partial charge in [0, 0.05) is 17.3 Å². The van der Waals surface area contributed by atoms with E-state index in [1.54, 1.807) is 32.4 Å². The topological polar surface area (TPSA) is 77.1 Å². The molecule has 7 heteroatoms. The Labute approximate surface area is 176 Å². The largest absolute Gasteiger partial charge is 0.497 e. The normalized spacial score (nSPS) is 16.2. The Morgan fingerprint density at radius 3 is 2.60 bits per heavy atom. The summed E-state index contributed by atoms with van der Waals surface area (Å²) in [4.78, 5) is 26.7. The first-order chi connectivity index (χ1) is 14.5. The molecule has 0 aromatic heterocycles. The van der Waals surface area contributed by atoms with Crippen LogP contribution in [0.5, 0.6) is 11.5 Å². The third-order valence-electron chi connectivity index (χ3n) is 5.44. The SMILES string of the molecule is COC(=O)c1ccc(C)c(NC(=O)CN2CCC[C@H]2c2cc(OC)ccc2OC)c1. The number of methoxy groups -OCH3 is 3. The molecule has 3 rings (SSSR count). The van der Waals surface area contributed by atoms with Crippen molar-refractivity contribution < 1.29 is 23.8 Å². The van der Waals surface area contributed by atoms with E-state index in [1.807, 2.05) is 25.1 Å². The van der Waals surface area contributed by atoms with E-state index in [9.17, 15) is 9.59 Å². The number of hydrogen-bond donors (Lipinski definition) is 1. The fourth-order valence-electron chi connectivity index (χ4n) is 3.84. The number of esters is 1. The van der Waals surface area contributed by atoms with Gasteiger partial charge in [0.1, 0.15) is 11.5 Å². The number of ether oxygens (including phenoxy) is 3. The van der Waals surface area contributed by atoms with Crippen LogP contribution < -0.4 is 14.8 Å². The fraction of sp³-hybridized carbons (Fsp3) is 0.391. The monoisotopic (exact) mass is 412 g/mol. The average molecular weight is 412 g/mol. The van der Waals surface area contributed by atoms with Crippen LogP contribution in [0.1, 0.15) is 40.4 Å². The zero-order valence-electron chi connectivity index (χ0n) is 17.9. The van der Waals surface area contributed by atoms with Gasteiger partial charge in [0.15, 0.2) is 0 Å². The second-order valence-electron chi connectivity index (χ2n) is 7.31. The zero-order chi connectivity index (χ0) is 21.7. The maximum absolute atomic E-state index is 12.8. The van der Waals surface area contributed by atoms with E-state index in [0.717, 1.165) is 42.0 Å². The summed E-state index contributed by atoms with van der Waals surface area (Å²) in [5, 5.41) is 2.94. The highest BCUT2D eigenvalue weighted by molar-refractivity contribution is 5.96. The maximum atomic E-state index is 12.8. The summed E-state index contributed by atoms with van der Waals surface area (Å²) in [5.74, 6) is 0.983. The van der Waals surface area contributed by atoms with Crippen molar-refractivity contribution in [3.05, 3.63) is 53.1 Å². The van der Waals surface area contributed by atoms with Crippen molar-refractivity contribution in [1.82, 2.24) is 4.90 Å². The molecule has 1 saturated heterocycles. The Kier molecular flexibility index (Phi) is 6.95. The van der Waals surface area contributed by atoms with Gasteiger partial charge in [0.2, 0.25) is 5.91 Å². The Hall–Kier alpha value is -3.06. The summed E-state index contributed by atoms with van der Waals surface area (Å²) >= 11 is 0. The summed E-state index contributed by atoms with van der Waals surface area (Å²) in [5.41, 5.74) is 2.91. The van der Waals surface area contributed by atoms with Crippen molar-refractivity contribution in [3.63, 3.8) is 0 Å². The number of likely N-dealkylation sites (tertiary alicyclic amines) is 1. The van der Waals surface area contributed by atoms with Gasteiger partial charge in [-0.25, -0.2) is 4.79 Å². The van der Waals surface area contributed by atoms with Gasteiger partial charge in [-0.2, -0.15) is 0 Å². The molecule has 1 N–H and O–H groups in total. The van der Waals surface area contributed by atoms with E-state index in [1.165, 1.54) is 7.11 Å². The van der Waals surface area contributed by atoms with Crippen LogP contribution in [0.15, 0.2) is 36.4 Å². The molecule has 0 unspecified atom stereocenters. The number of hydrogen-bond acceptors (Lipinski definition) is 6. The number of nitrogens with one attached hydrogen (secondary N) is 1. The molecule has 0 radical (unpaired) electrons. The first-order valence-corrected chi connectivity index (χ1v) is 9.91. The standard InChI is InChI=1S/C23H28N2O5/c1-15-7-8-16(23(27)30-4)12-19(15)24-22(26)14-25-11-5-6-20(25)18-13-17(28-2)9-10-21(18)29-3/h7-10,12-13,20H,5-6,11,14H2,1-4H3,(H,24,26)/t20-/m0/s1. The lowest BCUT2D eigenvalue weighted by atomic mass is 10.0. The summed E-state index contributed by atoms with van der Waals surface area (Å²) in [7, 11) is 4.62. The lowest BCUT2D eigenvalue weighted by molar-refractivity contribution is -0.117. The van der Waals surface area contributed by atoms with E-state index < -0.39 is 5.97 Å². The van der Waals surface area contributed by atoms with E-state index in [2.05, 4.69) is 10.2 Å². The van der Waals surface area contributed by atoms with Crippen molar-refractivity contribution in [2.75, 3.05) is 39.7 Å². The van der Waals surface area contributed by atoms with Crippen LogP contribution >= 0.6 is 0 Å². The van der Waals surface area contributed by atoms with Gasteiger partial charge >= 0.3 is 5.97 Å². The van der Waals surface area contributed by atoms with E-state index in [4.69, 9.17) is 14.2 Å². The molecule has 7 nitrogen and oxygen atoms in total. The number of aryl methyl sites for hydroxylation is 1. The predicted molar refractivity (Wildman–Crippen MR) is 114 cm³/mol. The third kappa shape index (κ3) is 4.74. The van der Waals surface area contributed by atoms with Gasteiger partial charge in [0.05, 0.1) is 33.4 Å². The minimum atomic E-state index is -0.435. The predicted octanol–water partition coefficient (Wildman–Crippen LogP) is 3.57. The van der Waals surface area contributed by atoms with Gasteiger partial charge < -0.3 is 19.5 Å². The van der Waals surface area contributed by atoms with Crippen LogP contribution in [0, 0.1) is 6.92 Å². The van der Waals surface area contributed by atoms with Crippen molar-refractivity contribution in [1.29, 1.82) is 0 Å². The van der Waals surface area contributed by atoms with Gasteiger partial charge in [0.25, 0.3) is 0 Å². The lowest BCUT2D eigenvalue weighted by Gasteiger charge is -2.26. The number of anilines is 1. The quantitative estimate of drug-likeness (QED) is 0.701. The number of carbonyl (C=O) groups is 2. The van der Waals surface area contributed by atoms with Gasteiger partial charge in [-0.15, -0.1) is 0 Å². The molecule has 1 heterocycles. The van der Waals surface area contributed by atoms with Crippen LogP contribution in [0.2, 0.25) is 0 Å². The smallest absolute Gasteiger partial charge is 0.337 e. The second-order valence-corrected chi connectivity index (χ2v) is 7.31. The van der Waals surface area contributed by atoms with E-state index >= 15 is 0 Å². The molecular formula is C23H28N2O5. The number of nitrogens with zero attached hydrogens (tertiary/aromatic N) is 1. The van der Waals surface area contributed by atoms with Crippen LogP contribution in [0.3, 0.4) is 0 Å². The molecule has 1 atom stereocenters. The van der Waals surface area contributed by atoms with Crippen molar-refractivity contribution in [3.8, 4) is 11.5 Å². The Morgan fingerprint density at radius 2 is 1.90 bits per heavy atom. The summed E-state index contributed by atoms with van der Waals surface area (Å²) < 4.78 is 15.7. The van der Waals surface area contributed by atoms with Crippen LogP contribution in [-0.4, -0.2) is 51.2 Å². The molecule has 1 amide bonds.